The van der Waals surface area contributed by atoms with Crippen LogP contribution in [0.15, 0.2) is 18.2 Å². The van der Waals surface area contributed by atoms with Crippen LogP contribution in [0.3, 0.4) is 0 Å². The molecule has 0 radical (unpaired) electrons. The third kappa shape index (κ3) is 3.98. The first-order valence-electron chi connectivity index (χ1n) is 6.36. The van der Waals surface area contributed by atoms with Gasteiger partial charge in [0.05, 0.1) is 20.6 Å². The Morgan fingerprint density at radius 2 is 1.90 bits per heavy atom. The van der Waals surface area contributed by atoms with Gasteiger partial charge < -0.3 is 14.6 Å². The average molecular weight is 282 g/mol. The van der Waals surface area contributed by atoms with Crippen LogP contribution in [-0.4, -0.2) is 25.3 Å². The van der Waals surface area contributed by atoms with Crippen LogP contribution in [-0.2, 0) is 4.79 Å². The van der Waals surface area contributed by atoms with Crippen LogP contribution < -0.4 is 9.47 Å². The van der Waals surface area contributed by atoms with E-state index < -0.39 is 11.8 Å². The summed E-state index contributed by atoms with van der Waals surface area (Å²) in [5.74, 6) is -0.670. The van der Waals surface area contributed by atoms with Gasteiger partial charge >= 0.3 is 5.97 Å². The molecule has 0 heterocycles. The van der Waals surface area contributed by atoms with Gasteiger partial charge in [-0.25, -0.2) is 4.39 Å². The fourth-order valence-corrected chi connectivity index (χ4v) is 1.93. The molecule has 0 aliphatic carbocycles. The molecule has 0 bridgehead atoms. The summed E-state index contributed by atoms with van der Waals surface area (Å²) in [7, 11) is 2.91. The van der Waals surface area contributed by atoms with Gasteiger partial charge in [0.2, 0.25) is 0 Å². The van der Waals surface area contributed by atoms with Gasteiger partial charge in [0.25, 0.3) is 0 Å². The molecule has 4 nitrogen and oxygen atoms in total. The Hall–Kier alpha value is -2.04. The number of carboxylic acids is 1. The van der Waals surface area contributed by atoms with Crippen molar-refractivity contribution in [2.75, 3.05) is 14.2 Å². The third-order valence-electron chi connectivity index (χ3n) is 2.86. The van der Waals surface area contributed by atoms with Crippen LogP contribution in [0.5, 0.6) is 11.5 Å². The molecule has 0 amide bonds. The minimum Gasteiger partial charge on any atom is -0.493 e. The third-order valence-corrected chi connectivity index (χ3v) is 2.86. The summed E-state index contributed by atoms with van der Waals surface area (Å²) in [5, 5.41) is 8.75. The number of allylic oxidation sites excluding steroid dienone is 1. The van der Waals surface area contributed by atoms with Gasteiger partial charge in [0.1, 0.15) is 5.82 Å². The summed E-state index contributed by atoms with van der Waals surface area (Å²) in [6.45, 7) is 1.95. The lowest BCUT2D eigenvalue weighted by Gasteiger charge is -2.13. The van der Waals surface area contributed by atoms with E-state index in [1.807, 2.05) is 6.92 Å². The highest BCUT2D eigenvalue weighted by molar-refractivity contribution is 5.75. The van der Waals surface area contributed by atoms with Gasteiger partial charge in [0, 0.05) is 11.6 Å². The molecule has 0 aromatic heterocycles. The van der Waals surface area contributed by atoms with Crippen molar-refractivity contribution in [3.8, 4) is 11.5 Å². The van der Waals surface area contributed by atoms with Gasteiger partial charge in [0.15, 0.2) is 11.5 Å². The largest absolute Gasteiger partial charge is 0.493 e. The molecule has 0 fully saturated rings. The molecule has 0 unspecified atom stereocenters. The van der Waals surface area contributed by atoms with Gasteiger partial charge in [-0.05, 0) is 18.1 Å². The van der Waals surface area contributed by atoms with E-state index in [-0.39, 0.29) is 6.42 Å². The molecule has 1 rings (SSSR count). The van der Waals surface area contributed by atoms with Crippen LogP contribution in [0.2, 0.25) is 0 Å². The van der Waals surface area contributed by atoms with E-state index in [0.717, 1.165) is 6.42 Å². The maximum absolute atomic E-state index is 14.1. The van der Waals surface area contributed by atoms with Crippen molar-refractivity contribution in [1.29, 1.82) is 0 Å². The monoisotopic (exact) mass is 282 g/mol. The first-order valence-corrected chi connectivity index (χ1v) is 6.36. The highest BCUT2D eigenvalue weighted by atomic mass is 19.1. The number of hydrogen-bond donors (Lipinski definition) is 1. The lowest BCUT2D eigenvalue weighted by Crippen LogP contribution is -1.98. The fraction of sp³-hybridized carbons (Fsp3) is 0.400. The van der Waals surface area contributed by atoms with Crippen molar-refractivity contribution in [3.05, 3.63) is 29.6 Å². The molecule has 0 spiro atoms. The molecule has 1 aromatic carbocycles. The lowest BCUT2D eigenvalue weighted by atomic mass is 9.99. The smallest absolute Gasteiger partial charge is 0.307 e. The Kier molecular flexibility index (Phi) is 6.03. The van der Waals surface area contributed by atoms with Crippen molar-refractivity contribution >= 4 is 11.5 Å². The number of halogens is 1. The second-order valence-electron chi connectivity index (χ2n) is 4.26. The molecule has 0 aliphatic rings. The first-order chi connectivity index (χ1) is 9.53. The summed E-state index contributed by atoms with van der Waals surface area (Å²) in [5.41, 5.74) is 1.01. The predicted octanol–water partition coefficient (Wildman–Crippen LogP) is 3.50. The zero-order valence-corrected chi connectivity index (χ0v) is 11.9. The van der Waals surface area contributed by atoms with E-state index in [4.69, 9.17) is 14.6 Å². The van der Waals surface area contributed by atoms with Crippen molar-refractivity contribution in [1.82, 2.24) is 0 Å². The molecule has 0 saturated heterocycles. The average Bonchev–Trinajstić information content (AvgIpc) is 2.43. The predicted molar refractivity (Wildman–Crippen MR) is 74.6 cm³/mol. The normalized spacial score (nSPS) is 11.3. The van der Waals surface area contributed by atoms with Crippen molar-refractivity contribution < 1.29 is 23.8 Å². The zero-order chi connectivity index (χ0) is 15.1. The summed E-state index contributed by atoms with van der Waals surface area (Å²) in [4.78, 5) is 10.7. The first kappa shape index (κ1) is 16.0. The lowest BCUT2D eigenvalue weighted by molar-refractivity contribution is -0.135. The van der Waals surface area contributed by atoms with E-state index in [1.165, 1.54) is 32.4 Å². The number of ether oxygens (including phenoxy) is 2. The van der Waals surface area contributed by atoms with Gasteiger partial charge in [-0.15, -0.1) is 0 Å². The molecule has 1 N–H and O–H groups in total. The minimum atomic E-state index is -0.945. The minimum absolute atomic E-state index is 0.136. The van der Waals surface area contributed by atoms with Crippen LogP contribution >= 0.6 is 0 Å². The SMILES string of the molecule is CCC/C(=C\CC(=O)O)c1cc(OC)c(OC)cc1F. The number of carboxylic acid groups (broad SMARTS) is 1. The zero-order valence-electron chi connectivity index (χ0n) is 11.9. The number of aliphatic carboxylic acids is 1. The molecule has 110 valence electrons. The molecule has 1 aromatic rings. The van der Waals surface area contributed by atoms with Crippen molar-refractivity contribution in [2.24, 2.45) is 0 Å². The Bertz CT molecular complexity index is 509. The maximum atomic E-state index is 14.1. The Morgan fingerprint density at radius 3 is 2.40 bits per heavy atom. The maximum Gasteiger partial charge on any atom is 0.307 e. The Morgan fingerprint density at radius 1 is 1.30 bits per heavy atom. The molecule has 0 aliphatic heterocycles. The quantitative estimate of drug-likeness (QED) is 0.831. The second kappa shape index (κ2) is 7.53. The van der Waals surface area contributed by atoms with Gasteiger partial charge in [-0.1, -0.05) is 19.4 Å². The topological polar surface area (TPSA) is 55.8 Å². The van der Waals surface area contributed by atoms with Crippen molar-refractivity contribution in [3.63, 3.8) is 0 Å². The second-order valence-corrected chi connectivity index (χ2v) is 4.26. The fourth-order valence-electron chi connectivity index (χ4n) is 1.93. The van der Waals surface area contributed by atoms with Crippen LogP contribution in [0, 0.1) is 5.82 Å². The summed E-state index contributed by atoms with van der Waals surface area (Å²) in [6, 6.07) is 2.79. The number of rotatable bonds is 7. The highest BCUT2D eigenvalue weighted by Gasteiger charge is 2.14. The Balaban J connectivity index is 3.25. The molecular weight excluding hydrogens is 263 g/mol. The summed E-state index contributed by atoms with van der Waals surface area (Å²) >= 11 is 0. The number of hydrogen-bond acceptors (Lipinski definition) is 3. The highest BCUT2D eigenvalue weighted by Crippen LogP contribution is 2.34. The van der Waals surface area contributed by atoms with E-state index in [1.54, 1.807) is 0 Å². The van der Waals surface area contributed by atoms with Gasteiger partial charge in [-0.2, -0.15) is 0 Å². The number of methoxy groups -OCH3 is 2. The van der Waals surface area contributed by atoms with E-state index in [0.29, 0.717) is 29.1 Å². The van der Waals surface area contributed by atoms with E-state index in [2.05, 4.69) is 0 Å². The molecule has 20 heavy (non-hydrogen) atoms. The van der Waals surface area contributed by atoms with E-state index >= 15 is 0 Å². The Labute approximate surface area is 117 Å². The van der Waals surface area contributed by atoms with Gasteiger partial charge in [-0.3, -0.25) is 4.79 Å². The van der Waals surface area contributed by atoms with Crippen LogP contribution in [0.1, 0.15) is 31.7 Å². The van der Waals surface area contributed by atoms with Crippen LogP contribution in [0.25, 0.3) is 5.57 Å². The summed E-state index contributed by atoms with van der Waals surface area (Å²) in [6.07, 6.45) is 2.79. The summed E-state index contributed by atoms with van der Waals surface area (Å²) < 4.78 is 24.3. The number of benzene rings is 1. The molecule has 0 atom stereocenters. The molecular formula is C15H19FO4. The molecule has 0 saturated carbocycles. The van der Waals surface area contributed by atoms with E-state index in [9.17, 15) is 9.18 Å². The van der Waals surface area contributed by atoms with Crippen LogP contribution in [0.4, 0.5) is 4.39 Å². The standard InChI is InChI=1S/C15H19FO4/c1-4-5-10(6-7-15(17)18)11-8-13(19-2)14(20-3)9-12(11)16/h6,8-9H,4-5,7H2,1-3H3,(H,17,18)/b10-6+. The number of carbonyl (C=O) groups is 1. The van der Waals surface area contributed by atoms with Crippen molar-refractivity contribution in [2.45, 2.75) is 26.2 Å². The molecule has 5 heteroatoms.